The van der Waals surface area contributed by atoms with E-state index in [1.54, 1.807) is 29.9 Å². The Bertz CT molecular complexity index is 988. The highest BCUT2D eigenvalue weighted by Crippen LogP contribution is 2.32. The van der Waals surface area contributed by atoms with Crippen LogP contribution in [0.15, 0.2) is 72.6 Å². The monoisotopic (exact) mass is 373 g/mol. The van der Waals surface area contributed by atoms with E-state index in [2.05, 4.69) is 55.6 Å². The van der Waals surface area contributed by atoms with Gasteiger partial charge in [0, 0.05) is 37.7 Å². The van der Waals surface area contributed by atoms with Gasteiger partial charge in [-0.05, 0) is 23.4 Å². The zero-order chi connectivity index (χ0) is 18.5. The molecule has 1 aromatic carbocycles. The summed E-state index contributed by atoms with van der Waals surface area (Å²) in [7, 11) is 2.03. The van der Waals surface area contributed by atoms with Gasteiger partial charge in [-0.3, -0.25) is 9.97 Å². The lowest BCUT2D eigenvalue weighted by molar-refractivity contribution is 0.839. The fourth-order valence-corrected chi connectivity index (χ4v) is 3.55. The number of likely N-dealkylation sites (N-methyl/N-ethyl adjacent to an activating group) is 1. The second-order valence-electron chi connectivity index (χ2n) is 6.16. The second-order valence-corrected chi connectivity index (χ2v) is 7.11. The summed E-state index contributed by atoms with van der Waals surface area (Å²) in [5.74, 6) is 0.710. The first-order chi connectivity index (χ1) is 13.3. The van der Waals surface area contributed by atoms with Crippen molar-refractivity contribution < 1.29 is 0 Å². The summed E-state index contributed by atoms with van der Waals surface area (Å²) in [4.78, 5) is 21.2. The number of hydrogen-bond acceptors (Lipinski definition) is 6. The Morgan fingerprint density at radius 1 is 0.963 bits per heavy atom. The number of anilines is 1. The van der Waals surface area contributed by atoms with Crippen molar-refractivity contribution in [3.8, 4) is 21.8 Å². The van der Waals surface area contributed by atoms with Crippen LogP contribution in [0.4, 0.5) is 5.95 Å². The van der Waals surface area contributed by atoms with Gasteiger partial charge in [-0.25, -0.2) is 9.97 Å². The lowest BCUT2D eigenvalue weighted by Gasteiger charge is -2.18. The van der Waals surface area contributed by atoms with Gasteiger partial charge in [-0.1, -0.05) is 36.4 Å². The standard InChI is InChI=1S/C21H19N5S/c1-26(12-9-16-6-3-2-4-7-16)21-24-14-17(18-15-22-10-11-23-18)20(25-21)19-8-5-13-27-19/h2-8,10-11,13-15H,9,12H2,1H3. The van der Waals surface area contributed by atoms with E-state index in [0.717, 1.165) is 34.8 Å². The Kier molecular flexibility index (Phi) is 5.16. The molecule has 0 bridgehead atoms. The third-order valence-corrected chi connectivity index (χ3v) is 5.17. The summed E-state index contributed by atoms with van der Waals surface area (Å²) in [5, 5.41) is 2.05. The van der Waals surface area contributed by atoms with E-state index in [1.165, 1.54) is 5.56 Å². The van der Waals surface area contributed by atoms with Crippen molar-refractivity contribution in [2.45, 2.75) is 6.42 Å². The maximum absolute atomic E-state index is 4.86. The molecule has 0 atom stereocenters. The van der Waals surface area contributed by atoms with Gasteiger partial charge >= 0.3 is 0 Å². The highest BCUT2D eigenvalue weighted by atomic mass is 32.1. The largest absolute Gasteiger partial charge is 0.344 e. The smallest absolute Gasteiger partial charge is 0.225 e. The molecular weight excluding hydrogens is 354 g/mol. The summed E-state index contributed by atoms with van der Waals surface area (Å²) in [5.41, 5.74) is 3.87. The third-order valence-electron chi connectivity index (χ3n) is 4.29. The van der Waals surface area contributed by atoms with E-state index in [-0.39, 0.29) is 0 Å². The molecule has 0 saturated carbocycles. The molecule has 3 aromatic heterocycles. The normalized spacial score (nSPS) is 10.7. The first-order valence-corrected chi connectivity index (χ1v) is 9.61. The Balaban J connectivity index is 1.63. The fraction of sp³-hybridized carbons (Fsp3) is 0.143. The molecule has 0 saturated heterocycles. The van der Waals surface area contributed by atoms with Crippen LogP contribution in [0.5, 0.6) is 0 Å². The highest BCUT2D eigenvalue weighted by molar-refractivity contribution is 7.13. The number of rotatable bonds is 6. The molecule has 0 N–H and O–H groups in total. The minimum Gasteiger partial charge on any atom is -0.344 e. The second kappa shape index (κ2) is 8.05. The topological polar surface area (TPSA) is 54.8 Å². The van der Waals surface area contributed by atoms with Gasteiger partial charge in [-0.2, -0.15) is 0 Å². The number of aromatic nitrogens is 4. The van der Waals surface area contributed by atoms with Crippen LogP contribution < -0.4 is 4.90 Å². The Labute approximate surface area is 162 Å². The molecule has 0 radical (unpaired) electrons. The molecule has 0 aliphatic rings. The van der Waals surface area contributed by atoms with Crippen LogP contribution in [0, 0.1) is 0 Å². The van der Waals surface area contributed by atoms with E-state index < -0.39 is 0 Å². The minimum atomic E-state index is 0.710. The Hall–Kier alpha value is -3.12. The van der Waals surface area contributed by atoms with Gasteiger partial charge in [0.25, 0.3) is 0 Å². The molecule has 0 spiro atoms. The molecule has 5 nitrogen and oxygen atoms in total. The summed E-state index contributed by atoms with van der Waals surface area (Å²) in [6, 6.07) is 14.6. The third kappa shape index (κ3) is 4.01. The van der Waals surface area contributed by atoms with Gasteiger partial charge in [-0.15, -0.1) is 11.3 Å². The van der Waals surface area contributed by atoms with E-state index in [9.17, 15) is 0 Å². The zero-order valence-corrected chi connectivity index (χ0v) is 15.8. The predicted octanol–water partition coefficient (Wildman–Crippen LogP) is 4.34. The van der Waals surface area contributed by atoms with Crippen molar-refractivity contribution in [3.63, 3.8) is 0 Å². The SMILES string of the molecule is CN(CCc1ccccc1)c1ncc(-c2cnccn2)c(-c2cccs2)n1. The number of hydrogen-bond donors (Lipinski definition) is 0. The van der Waals surface area contributed by atoms with Gasteiger partial charge in [0.05, 0.1) is 22.5 Å². The quantitative estimate of drug-likeness (QED) is 0.503. The van der Waals surface area contributed by atoms with E-state index in [1.807, 2.05) is 25.4 Å². The molecule has 3 heterocycles. The van der Waals surface area contributed by atoms with Crippen LogP contribution in [0.25, 0.3) is 21.8 Å². The fourth-order valence-electron chi connectivity index (χ4n) is 2.82. The van der Waals surface area contributed by atoms with Crippen molar-refractivity contribution >= 4 is 17.3 Å². The molecule has 134 valence electrons. The molecule has 27 heavy (non-hydrogen) atoms. The minimum absolute atomic E-state index is 0.710. The zero-order valence-electron chi connectivity index (χ0n) is 15.0. The van der Waals surface area contributed by atoms with Gasteiger partial charge in [0.15, 0.2) is 0 Å². The maximum atomic E-state index is 4.86. The van der Waals surface area contributed by atoms with E-state index in [4.69, 9.17) is 4.98 Å². The number of nitrogens with zero attached hydrogens (tertiary/aromatic N) is 5. The van der Waals surface area contributed by atoms with Crippen LogP contribution in [0.3, 0.4) is 0 Å². The Morgan fingerprint density at radius 3 is 2.59 bits per heavy atom. The average Bonchev–Trinajstić information content (AvgIpc) is 3.28. The van der Waals surface area contributed by atoms with Crippen molar-refractivity contribution in [3.05, 3.63) is 78.2 Å². The molecule has 6 heteroatoms. The summed E-state index contributed by atoms with van der Waals surface area (Å²) < 4.78 is 0. The van der Waals surface area contributed by atoms with Gasteiger partial charge < -0.3 is 4.90 Å². The molecule has 0 fully saturated rings. The van der Waals surface area contributed by atoms with Gasteiger partial charge in [0.2, 0.25) is 5.95 Å². The molecular formula is C21H19N5S. The molecule has 0 unspecified atom stereocenters. The van der Waals surface area contributed by atoms with E-state index >= 15 is 0 Å². The Morgan fingerprint density at radius 2 is 1.85 bits per heavy atom. The highest BCUT2D eigenvalue weighted by Gasteiger charge is 2.15. The lowest BCUT2D eigenvalue weighted by atomic mass is 10.1. The van der Waals surface area contributed by atoms with Crippen molar-refractivity contribution in [1.29, 1.82) is 0 Å². The number of benzene rings is 1. The summed E-state index contributed by atoms with van der Waals surface area (Å²) in [6.07, 6.45) is 7.89. The average molecular weight is 373 g/mol. The first kappa shape index (κ1) is 17.3. The number of thiophene rings is 1. The lowest BCUT2D eigenvalue weighted by Crippen LogP contribution is -2.22. The molecule has 0 aliphatic heterocycles. The summed E-state index contributed by atoms with van der Waals surface area (Å²) >= 11 is 1.66. The first-order valence-electron chi connectivity index (χ1n) is 8.73. The van der Waals surface area contributed by atoms with Crippen LogP contribution in [0.2, 0.25) is 0 Å². The predicted molar refractivity (Wildman–Crippen MR) is 110 cm³/mol. The van der Waals surface area contributed by atoms with Crippen LogP contribution in [-0.2, 0) is 6.42 Å². The van der Waals surface area contributed by atoms with Crippen LogP contribution >= 0.6 is 11.3 Å². The molecule has 0 aliphatic carbocycles. The van der Waals surface area contributed by atoms with Gasteiger partial charge in [0.1, 0.15) is 0 Å². The van der Waals surface area contributed by atoms with Crippen LogP contribution in [-0.4, -0.2) is 33.5 Å². The van der Waals surface area contributed by atoms with E-state index in [0.29, 0.717) is 5.95 Å². The van der Waals surface area contributed by atoms with Crippen molar-refractivity contribution in [1.82, 2.24) is 19.9 Å². The maximum Gasteiger partial charge on any atom is 0.225 e. The molecule has 4 rings (SSSR count). The summed E-state index contributed by atoms with van der Waals surface area (Å²) in [6.45, 7) is 0.846. The molecule has 4 aromatic rings. The van der Waals surface area contributed by atoms with Crippen molar-refractivity contribution in [2.24, 2.45) is 0 Å². The van der Waals surface area contributed by atoms with Crippen molar-refractivity contribution in [2.75, 3.05) is 18.5 Å². The molecule has 0 amide bonds. The van der Waals surface area contributed by atoms with Crippen LogP contribution in [0.1, 0.15) is 5.56 Å².